The number of carbonyl (C=O) groups is 2. The van der Waals surface area contributed by atoms with Gasteiger partial charge in [0.1, 0.15) is 0 Å². The molecule has 1 unspecified atom stereocenters. The van der Waals surface area contributed by atoms with Gasteiger partial charge >= 0.3 is 0 Å². The van der Waals surface area contributed by atoms with Crippen LogP contribution in [-0.4, -0.2) is 17.6 Å². The number of aryl methyl sites for hydroxylation is 1. The van der Waals surface area contributed by atoms with Gasteiger partial charge in [-0.05, 0) is 30.7 Å². The van der Waals surface area contributed by atoms with Gasteiger partial charge in [-0.1, -0.05) is 48.0 Å². The molecule has 1 fully saturated rings. The van der Waals surface area contributed by atoms with Crippen molar-refractivity contribution in [1.82, 2.24) is 0 Å². The molecule has 0 aliphatic carbocycles. The molecule has 1 saturated heterocycles. The molecule has 2 aliphatic heterocycles. The second kappa shape index (κ2) is 7.20. The number of carbonyl (C=O) groups excluding carboxylic acids is 2. The van der Waals surface area contributed by atoms with E-state index in [-0.39, 0.29) is 23.3 Å². The molecular weight excluding hydrogens is 418 g/mol. The summed E-state index contributed by atoms with van der Waals surface area (Å²) in [4.78, 5) is 28.4. The third-order valence-corrected chi connectivity index (χ3v) is 7.07. The molecule has 2 amide bonds. The van der Waals surface area contributed by atoms with Gasteiger partial charge in [-0.2, -0.15) is 0 Å². The fourth-order valence-corrected chi connectivity index (χ4v) is 5.57. The number of rotatable bonds is 3. The zero-order valence-electron chi connectivity index (χ0n) is 16.6. The lowest BCUT2D eigenvalue weighted by Crippen LogP contribution is -2.49. The Kier molecular flexibility index (Phi) is 4.59. The molecular formula is C24H18F2N2O2S. The van der Waals surface area contributed by atoms with Crippen molar-refractivity contribution in [3.05, 3.63) is 95.1 Å². The van der Waals surface area contributed by atoms with Gasteiger partial charge in [0.15, 0.2) is 11.6 Å². The summed E-state index contributed by atoms with van der Waals surface area (Å²) in [6, 6.07) is 18.5. The quantitative estimate of drug-likeness (QED) is 0.595. The first kappa shape index (κ1) is 19.8. The Bertz CT molecular complexity index is 1210. The van der Waals surface area contributed by atoms with Crippen LogP contribution in [-0.2, 0) is 21.0 Å². The highest BCUT2D eigenvalue weighted by atomic mass is 32.2. The van der Waals surface area contributed by atoms with Crippen molar-refractivity contribution < 1.29 is 18.4 Å². The lowest BCUT2D eigenvalue weighted by molar-refractivity contribution is -0.123. The van der Waals surface area contributed by atoms with Crippen molar-refractivity contribution in [2.45, 2.75) is 18.3 Å². The molecule has 5 rings (SSSR count). The van der Waals surface area contributed by atoms with E-state index in [0.717, 1.165) is 23.3 Å². The normalized spacial score (nSPS) is 20.1. The Morgan fingerprint density at radius 2 is 1.71 bits per heavy atom. The first-order valence-corrected chi connectivity index (χ1v) is 10.8. The van der Waals surface area contributed by atoms with Crippen LogP contribution >= 0.6 is 11.8 Å². The average Bonchev–Trinajstić information content (AvgIpc) is 3.23. The van der Waals surface area contributed by atoms with Crippen molar-refractivity contribution in [2.75, 3.05) is 15.6 Å². The van der Waals surface area contributed by atoms with Gasteiger partial charge < -0.3 is 4.90 Å². The van der Waals surface area contributed by atoms with E-state index in [1.54, 1.807) is 4.90 Å². The number of nitrogens with zero attached hydrogens (tertiary/aromatic N) is 2. The maximum absolute atomic E-state index is 14.0. The standard InChI is InChI=1S/C24H18F2N2O2S/c1-15-6-8-16(9-7-15)13-27-21-5-3-2-4-18(21)24(23(27)30)28(22(29)14-31-24)17-10-11-19(25)20(26)12-17/h2-12H,13-14H2,1H3. The van der Waals surface area contributed by atoms with Crippen molar-refractivity contribution >= 4 is 35.0 Å². The topological polar surface area (TPSA) is 40.6 Å². The molecule has 2 aliphatic rings. The Balaban J connectivity index is 1.63. The van der Waals surface area contributed by atoms with Crippen LogP contribution in [0.4, 0.5) is 20.2 Å². The van der Waals surface area contributed by atoms with Gasteiger partial charge in [0.25, 0.3) is 5.91 Å². The summed E-state index contributed by atoms with van der Waals surface area (Å²) in [5.41, 5.74) is 3.62. The van der Waals surface area contributed by atoms with E-state index < -0.39 is 16.5 Å². The van der Waals surface area contributed by atoms with E-state index in [1.165, 1.54) is 22.7 Å². The van der Waals surface area contributed by atoms with Gasteiger partial charge in [0.05, 0.1) is 18.0 Å². The number of halogens is 2. The molecule has 0 saturated carbocycles. The van der Waals surface area contributed by atoms with Gasteiger partial charge in [0.2, 0.25) is 10.8 Å². The van der Waals surface area contributed by atoms with Gasteiger partial charge in [0, 0.05) is 17.3 Å². The predicted molar refractivity (Wildman–Crippen MR) is 117 cm³/mol. The Labute approximate surface area is 182 Å². The number of fused-ring (bicyclic) bond motifs is 2. The van der Waals surface area contributed by atoms with Gasteiger partial charge in [-0.15, -0.1) is 11.8 Å². The van der Waals surface area contributed by atoms with E-state index >= 15 is 0 Å². The van der Waals surface area contributed by atoms with E-state index in [1.807, 2.05) is 55.5 Å². The lowest BCUT2D eigenvalue weighted by Gasteiger charge is -2.33. The number of para-hydroxylation sites is 1. The highest BCUT2D eigenvalue weighted by molar-refractivity contribution is 8.02. The second-order valence-electron chi connectivity index (χ2n) is 7.65. The molecule has 0 radical (unpaired) electrons. The number of anilines is 2. The van der Waals surface area contributed by atoms with Crippen molar-refractivity contribution in [1.29, 1.82) is 0 Å². The van der Waals surface area contributed by atoms with Crippen LogP contribution in [0.25, 0.3) is 0 Å². The maximum atomic E-state index is 14.0. The Morgan fingerprint density at radius 1 is 0.968 bits per heavy atom. The summed E-state index contributed by atoms with van der Waals surface area (Å²) in [5.74, 6) is -2.59. The third kappa shape index (κ3) is 2.95. The number of hydrogen-bond donors (Lipinski definition) is 0. The molecule has 156 valence electrons. The minimum atomic E-state index is -1.34. The SMILES string of the molecule is Cc1ccc(CN2C(=O)C3(SCC(=O)N3c3ccc(F)c(F)c3)c3ccccc32)cc1. The molecule has 1 atom stereocenters. The summed E-state index contributed by atoms with van der Waals surface area (Å²) in [7, 11) is 0. The summed E-state index contributed by atoms with van der Waals surface area (Å²) >= 11 is 1.21. The molecule has 3 aromatic rings. The second-order valence-corrected chi connectivity index (χ2v) is 8.82. The van der Waals surface area contributed by atoms with Gasteiger partial charge in [-0.25, -0.2) is 8.78 Å². The molecule has 0 aromatic heterocycles. The number of hydrogen-bond acceptors (Lipinski definition) is 3. The monoisotopic (exact) mass is 436 g/mol. The third-order valence-electron chi connectivity index (χ3n) is 5.69. The zero-order chi connectivity index (χ0) is 21.8. The van der Waals surface area contributed by atoms with E-state index in [2.05, 4.69) is 0 Å². The Hall–Kier alpha value is -3.19. The zero-order valence-corrected chi connectivity index (χ0v) is 17.5. The average molecular weight is 436 g/mol. The highest BCUT2D eigenvalue weighted by Gasteiger charge is 2.60. The van der Waals surface area contributed by atoms with Crippen molar-refractivity contribution in [3.63, 3.8) is 0 Å². The lowest BCUT2D eigenvalue weighted by atomic mass is 10.0. The van der Waals surface area contributed by atoms with Crippen LogP contribution in [0, 0.1) is 18.6 Å². The van der Waals surface area contributed by atoms with Gasteiger partial charge in [-0.3, -0.25) is 14.5 Å². The van der Waals surface area contributed by atoms with Crippen LogP contribution in [0.5, 0.6) is 0 Å². The Morgan fingerprint density at radius 3 is 2.45 bits per heavy atom. The fraction of sp³-hybridized carbons (Fsp3) is 0.167. The summed E-state index contributed by atoms with van der Waals surface area (Å²) in [5, 5.41) is 0. The van der Waals surface area contributed by atoms with E-state index in [0.29, 0.717) is 17.8 Å². The minimum absolute atomic E-state index is 0.0669. The first-order valence-electron chi connectivity index (χ1n) is 9.81. The highest BCUT2D eigenvalue weighted by Crippen LogP contribution is 2.56. The molecule has 2 heterocycles. The number of benzene rings is 3. The molecule has 7 heteroatoms. The van der Waals surface area contributed by atoms with Crippen molar-refractivity contribution in [3.8, 4) is 0 Å². The van der Waals surface area contributed by atoms with Crippen LogP contribution in [0.3, 0.4) is 0 Å². The van der Waals surface area contributed by atoms with E-state index in [9.17, 15) is 18.4 Å². The molecule has 0 bridgehead atoms. The predicted octanol–water partition coefficient (Wildman–Crippen LogP) is 4.75. The first-order chi connectivity index (χ1) is 14.9. The van der Waals surface area contributed by atoms with Crippen LogP contribution in [0.15, 0.2) is 66.7 Å². The smallest absolute Gasteiger partial charge is 0.269 e. The van der Waals surface area contributed by atoms with Crippen LogP contribution in [0.1, 0.15) is 16.7 Å². The molecule has 1 spiro atoms. The number of amides is 2. The maximum Gasteiger partial charge on any atom is 0.269 e. The molecule has 31 heavy (non-hydrogen) atoms. The van der Waals surface area contributed by atoms with Crippen LogP contribution < -0.4 is 9.80 Å². The fourth-order valence-electron chi connectivity index (χ4n) is 4.21. The molecule has 4 nitrogen and oxygen atoms in total. The summed E-state index contributed by atoms with van der Waals surface area (Å²) in [6.45, 7) is 2.34. The largest absolute Gasteiger partial charge is 0.304 e. The van der Waals surface area contributed by atoms with Crippen molar-refractivity contribution in [2.24, 2.45) is 0 Å². The van der Waals surface area contributed by atoms with Crippen LogP contribution in [0.2, 0.25) is 0 Å². The molecule has 0 N–H and O–H groups in total. The number of thioether (sulfide) groups is 1. The summed E-state index contributed by atoms with van der Waals surface area (Å²) < 4.78 is 27.6. The molecule has 3 aromatic carbocycles. The summed E-state index contributed by atoms with van der Waals surface area (Å²) in [6.07, 6.45) is 0. The minimum Gasteiger partial charge on any atom is -0.304 e. The van der Waals surface area contributed by atoms with E-state index in [4.69, 9.17) is 0 Å².